The van der Waals surface area contributed by atoms with Gasteiger partial charge in [-0.3, -0.25) is 19.7 Å². The number of ketones is 1. The van der Waals surface area contributed by atoms with Gasteiger partial charge in [0, 0.05) is 35.2 Å². The molecule has 0 saturated heterocycles. The number of methoxy groups -OCH3 is 1. The molecule has 0 aliphatic heterocycles. The Morgan fingerprint density at radius 2 is 1.69 bits per heavy atom. The van der Waals surface area contributed by atoms with E-state index in [0.29, 0.717) is 37.2 Å². The molecule has 9 nitrogen and oxygen atoms in total. The van der Waals surface area contributed by atoms with Crippen molar-refractivity contribution in [3.8, 4) is 0 Å². The lowest BCUT2D eigenvalue weighted by Gasteiger charge is -2.69. The highest BCUT2D eigenvalue weighted by atomic mass is 16.6. The van der Waals surface area contributed by atoms with Crippen LogP contribution in [0.3, 0.4) is 0 Å². The van der Waals surface area contributed by atoms with Crippen LogP contribution < -0.4 is 0 Å². The number of esters is 1. The van der Waals surface area contributed by atoms with E-state index in [1.165, 1.54) is 5.56 Å². The van der Waals surface area contributed by atoms with Gasteiger partial charge in [0.05, 0.1) is 12.5 Å². The minimum Gasteiger partial charge on any atom is -0.462 e. The third kappa shape index (κ3) is 6.71. The lowest BCUT2D eigenvalue weighted by Crippen LogP contribution is -2.63. The van der Waals surface area contributed by atoms with Crippen molar-refractivity contribution in [1.82, 2.24) is 0 Å². The Morgan fingerprint density at radius 1 is 1.00 bits per heavy atom. The van der Waals surface area contributed by atoms with Crippen molar-refractivity contribution in [2.75, 3.05) is 13.7 Å². The molecule has 5 saturated carbocycles. The van der Waals surface area contributed by atoms with E-state index in [1.54, 1.807) is 7.11 Å². The molecule has 6 aliphatic rings. The maximum absolute atomic E-state index is 13.6. The van der Waals surface area contributed by atoms with E-state index in [-0.39, 0.29) is 70.1 Å². The molecule has 12 unspecified atom stereocenters. The summed E-state index contributed by atoms with van der Waals surface area (Å²) in [5, 5.41) is 22.9. The third-order valence-corrected chi connectivity index (χ3v) is 16.3. The van der Waals surface area contributed by atoms with E-state index in [4.69, 9.17) is 9.47 Å². The summed E-state index contributed by atoms with van der Waals surface area (Å²) < 4.78 is 11.2. The third-order valence-electron chi connectivity index (χ3n) is 16.3. The summed E-state index contributed by atoms with van der Waals surface area (Å²) in [6.07, 6.45) is 8.02. The predicted molar refractivity (Wildman–Crippen MR) is 207 cm³/mol. The SMILES string of the molecule is CC(C)C1=C2C3CCC4C(C)(CCC5C(C)(C)C(OC(=O)C6CC(C=O)C6C)CCC54C)C3CCC2(C(O)C[N+](=O)[O-])CC1=O.COCc1ccccc1. The topological polar surface area (TPSA) is 133 Å². The summed E-state index contributed by atoms with van der Waals surface area (Å²) in [6, 6.07) is 10.1. The van der Waals surface area contributed by atoms with E-state index < -0.39 is 23.0 Å². The molecule has 298 valence electrons. The number of fused-ring (bicyclic) bond motifs is 7. The molecule has 6 aliphatic carbocycles. The van der Waals surface area contributed by atoms with Gasteiger partial charge in [-0.2, -0.15) is 0 Å². The van der Waals surface area contributed by atoms with Crippen LogP contribution in [0.5, 0.6) is 0 Å². The number of allylic oxidation sites excluding steroid dienone is 1. The van der Waals surface area contributed by atoms with Crippen molar-refractivity contribution in [2.24, 2.45) is 69.0 Å². The molecule has 7 rings (SSSR count). The smallest absolute Gasteiger partial charge is 0.309 e. The van der Waals surface area contributed by atoms with E-state index >= 15 is 0 Å². The molecule has 1 aromatic rings. The monoisotopic (exact) mass is 747 g/mol. The number of nitrogens with zero attached hydrogens (tertiary/aromatic N) is 1. The summed E-state index contributed by atoms with van der Waals surface area (Å²) in [5.74, 6) is 1.28. The number of carbonyl (C=O) groups is 3. The number of aliphatic hydroxyl groups excluding tert-OH is 1. The number of rotatable bonds is 9. The van der Waals surface area contributed by atoms with Crippen LogP contribution in [0.2, 0.25) is 0 Å². The number of ether oxygens (including phenoxy) is 2. The molecular weight excluding hydrogens is 682 g/mol. The lowest BCUT2D eigenvalue weighted by molar-refractivity contribution is -0.494. The van der Waals surface area contributed by atoms with Crippen molar-refractivity contribution < 1.29 is 33.9 Å². The molecule has 0 bridgehead atoms. The first-order valence-corrected chi connectivity index (χ1v) is 20.7. The average molecular weight is 748 g/mol. The van der Waals surface area contributed by atoms with Crippen LogP contribution in [-0.4, -0.2) is 53.9 Å². The fourth-order valence-corrected chi connectivity index (χ4v) is 13.6. The second-order valence-corrected chi connectivity index (χ2v) is 19.5. The van der Waals surface area contributed by atoms with Crippen LogP contribution in [0.15, 0.2) is 41.5 Å². The Bertz CT molecular complexity index is 1620. The molecular formula is C45H65NO8. The molecule has 0 radical (unpaired) electrons. The highest BCUT2D eigenvalue weighted by molar-refractivity contribution is 6.00. The quantitative estimate of drug-likeness (QED) is 0.115. The number of benzene rings is 1. The van der Waals surface area contributed by atoms with Gasteiger partial charge in [-0.15, -0.1) is 0 Å². The molecule has 0 amide bonds. The summed E-state index contributed by atoms with van der Waals surface area (Å²) in [4.78, 5) is 49.2. The fourth-order valence-electron chi connectivity index (χ4n) is 13.6. The van der Waals surface area contributed by atoms with Gasteiger partial charge in [-0.05, 0) is 115 Å². The molecule has 0 heterocycles. The van der Waals surface area contributed by atoms with Gasteiger partial charge in [0.1, 0.15) is 18.5 Å². The normalized spacial score (nSPS) is 39.8. The fraction of sp³-hybridized carbons (Fsp3) is 0.756. The first-order valence-electron chi connectivity index (χ1n) is 20.7. The lowest BCUT2D eigenvalue weighted by atomic mass is 9.36. The number of hydrogen-bond acceptors (Lipinski definition) is 8. The van der Waals surface area contributed by atoms with Crippen molar-refractivity contribution in [2.45, 2.75) is 131 Å². The van der Waals surface area contributed by atoms with E-state index in [2.05, 4.69) is 41.5 Å². The van der Waals surface area contributed by atoms with Gasteiger partial charge >= 0.3 is 5.97 Å². The van der Waals surface area contributed by atoms with Crippen LogP contribution in [0, 0.1) is 79.1 Å². The van der Waals surface area contributed by atoms with Gasteiger partial charge in [-0.25, -0.2) is 0 Å². The van der Waals surface area contributed by atoms with Crippen molar-refractivity contribution in [3.63, 3.8) is 0 Å². The minimum absolute atomic E-state index is 0.0285. The van der Waals surface area contributed by atoms with E-state index in [9.17, 15) is 29.6 Å². The second-order valence-electron chi connectivity index (χ2n) is 19.5. The first-order chi connectivity index (χ1) is 25.5. The first kappa shape index (κ1) is 40.7. The van der Waals surface area contributed by atoms with Crippen LogP contribution in [0.4, 0.5) is 0 Å². The summed E-state index contributed by atoms with van der Waals surface area (Å²) >= 11 is 0. The standard InChI is InChI=1S/C37H55NO7.C8H10O/c1-20(2)31-26(40)17-37(29(41)18-38(43)44)15-10-25-23(32(31)37)8-9-28-35(25,6)13-11-27-34(4,5)30(12-14-36(27,28)7)45-33(42)24-16-22(19-39)21(24)3;1-9-7-8-5-3-2-4-6-8/h19-25,27-30,41H,8-18H2,1-7H3;2-6H,7H2,1H3. The number of hydrogen-bond donors (Lipinski definition) is 1. The maximum atomic E-state index is 13.6. The number of aldehydes is 1. The van der Waals surface area contributed by atoms with Gasteiger partial charge in [0.25, 0.3) is 0 Å². The average Bonchev–Trinajstić information content (AvgIpc) is 3.43. The van der Waals surface area contributed by atoms with Gasteiger partial charge in [0.2, 0.25) is 6.54 Å². The van der Waals surface area contributed by atoms with Gasteiger partial charge in [-0.1, -0.05) is 84.4 Å². The van der Waals surface area contributed by atoms with Crippen molar-refractivity contribution in [1.29, 1.82) is 0 Å². The molecule has 5 fully saturated rings. The number of carbonyl (C=O) groups excluding carboxylic acids is 3. The molecule has 1 aromatic carbocycles. The van der Waals surface area contributed by atoms with Crippen LogP contribution in [0.25, 0.3) is 0 Å². The Labute approximate surface area is 322 Å². The maximum Gasteiger partial charge on any atom is 0.309 e. The molecule has 0 aromatic heterocycles. The van der Waals surface area contributed by atoms with E-state index in [0.717, 1.165) is 62.4 Å². The molecule has 54 heavy (non-hydrogen) atoms. The molecule has 1 N–H and O–H groups in total. The molecule has 0 spiro atoms. The Morgan fingerprint density at radius 3 is 2.30 bits per heavy atom. The molecule has 9 heteroatoms. The largest absolute Gasteiger partial charge is 0.462 e. The van der Waals surface area contributed by atoms with Crippen LogP contribution in [-0.2, 0) is 30.5 Å². The van der Waals surface area contributed by atoms with Crippen LogP contribution in [0.1, 0.15) is 118 Å². The van der Waals surface area contributed by atoms with Crippen molar-refractivity contribution >= 4 is 18.0 Å². The van der Waals surface area contributed by atoms with Gasteiger partial charge < -0.3 is 19.4 Å². The van der Waals surface area contributed by atoms with Crippen LogP contribution >= 0.6 is 0 Å². The highest BCUT2D eigenvalue weighted by Gasteiger charge is 2.67. The van der Waals surface area contributed by atoms with Gasteiger partial charge in [0.15, 0.2) is 5.78 Å². The minimum atomic E-state index is -1.14. The zero-order valence-electron chi connectivity index (χ0n) is 34.0. The highest BCUT2D eigenvalue weighted by Crippen LogP contribution is 2.73. The summed E-state index contributed by atoms with van der Waals surface area (Å²) in [6.45, 7) is 15.9. The Hall–Kier alpha value is -2.91. The zero-order chi connectivity index (χ0) is 39.4. The second kappa shape index (κ2) is 15.2. The van der Waals surface area contributed by atoms with E-state index in [1.807, 2.05) is 37.3 Å². The number of aliphatic hydroxyl groups is 1. The predicted octanol–water partition coefficient (Wildman–Crippen LogP) is 8.43. The Kier molecular flexibility index (Phi) is 11.5. The number of Topliss-reactive ketones (excluding diaryl/α,β-unsaturated/α-hetero) is 1. The summed E-state index contributed by atoms with van der Waals surface area (Å²) in [7, 11) is 1.70. The zero-order valence-corrected chi connectivity index (χ0v) is 34.0. The number of nitro groups is 1. The summed E-state index contributed by atoms with van der Waals surface area (Å²) in [5.41, 5.74) is 2.34. The Balaban J connectivity index is 0.000000485. The molecule has 12 atom stereocenters. The van der Waals surface area contributed by atoms with Crippen molar-refractivity contribution in [3.05, 3.63) is 57.2 Å².